The van der Waals surface area contributed by atoms with Crippen molar-refractivity contribution in [2.75, 3.05) is 53.6 Å². The molecule has 0 saturated heterocycles. The average Bonchev–Trinajstić information content (AvgIpc) is 1.39. The van der Waals surface area contributed by atoms with Crippen molar-refractivity contribution in [3.63, 3.8) is 0 Å². The number of ketones is 2. The van der Waals surface area contributed by atoms with Crippen molar-refractivity contribution in [3.05, 3.63) is 261 Å². The molecule has 108 heavy (non-hydrogen) atoms. The van der Waals surface area contributed by atoms with Crippen LogP contribution >= 0.6 is 110 Å². The number of H-pyrrole nitrogens is 1. The van der Waals surface area contributed by atoms with Gasteiger partial charge in [0.05, 0.1) is 65.5 Å². The predicted octanol–water partition coefficient (Wildman–Crippen LogP) is 6.95. The fourth-order valence-corrected chi connectivity index (χ4v) is 10.3. The molecular formula is C69H66Br4Cl4K2N16O13. The van der Waals surface area contributed by atoms with Crippen LogP contribution in [0, 0.1) is 13.8 Å². The molecule has 8 N–H and O–H groups in total. The van der Waals surface area contributed by atoms with Gasteiger partial charge in [-0.15, -0.1) is 0 Å². The van der Waals surface area contributed by atoms with Gasteiger partial charge in [-0.05, 0) is 194 Å². The largest absolute Gasteiger partial charge is 1.00 e. The van der Waals surface area contributed by atoms with E-state index in [2.05, 4.69) is 130 Å². The molecule has 2 aliphatic rings. The molecule has 558 valence electrons. The number of Topliss-reactive ketones (excluding diaryl/α,β-unsaturated/α-hetero) is 2. The Morgan fingerprint density at radius 1 is 0.630 bits per heavy atom. The number of rotatable bonds is 18. The van der Waals surface area contributed by atoms with Gasteiger partial charge in [-0.25, -0.2) is 40.9 Å². The summed E-state index contributed by atoms with van der Waals surface area (Å²) in [7, 11) is 6.14. The molecule has 4 aromatic carbocycles. The second-order valence-electron chi connectivity index (χ2n) is 20.8. The van der Waals surface area contributed by atoms with Gasteiger partial charge in [0.1, 0.15) is 53.8 Å². The number of alkyl halides is 1. The van der Waals surface area contributed by atoms with E-state index in [9.17, 15) is 9.59 Å². The molecule has 2 unspecified atom stereocenters. The molecule has 2 atom stereocenters. The fraction of sp³-hybridized carbons (Fsp3) is 0.174. The van der Waals surface area contributed by atoms with Gasteiger partial charge >= 0.3 is 103 Å². The number of aliphatic imine (C=N–C) groups is 2. The summed E-state index contributed by atoms with van der Waals surface area (Å²) in [5.74, 6) is 2.68. The number of pyridine rings is 4. The van der Waals surface area contributed by atoms with Gasteiger partial charge in [-0.1, -0.05) is 96.9 Å². The number of ether oxygens (including phenoxy) is 4. The minimum atomic E-state index is -0.240. The van der Waals surface area contributed by atoms with Crippen LogP contribution in [-0.2, 0) is 24.2 Å². The van der Waals surface area contributed by atoms with Gasteiger partial charge in [0.2, 0.25) is 29.3 Å². The number of aryl methyl sites for hydroxylation is 2. The number of carbonyl (C=O) groups excluding carboxylic acids is 3. The number of nitrogens with zero attached hydrogens (tertiary/aromatic N) is 11. The van der Waals surface area contributed by atoms with Crippen molar-refractivity contribution in [3.8, 4) is 29.2 Å². The zero-order valence-corrected chi connectivity index (χ0v) is 74.3. The molecule has 2 aliphatic heterocycles. The normalized spacial score (nSPS) is 13.1. The minimum absolute atomic E-state index is 0. The summed E-state index contributed by atoms with van der Waals surface area (Å²) in [4.78, 5) is 87.5. The molecule has 0 spiro atoms. The van der Waals surface area contributed by atoms with Crippen LogP contribution in [0.25, 0.3) is 5.69 Å². The van der Waals surface area contributed by atoms with Gasteiger partial charge in [0, 0.05) is 49.3 Å². The van der Waals surface area contributed by atoms with E-state index in [0.717, 1.165) is 32.7 Å². The Morgan fingerprint density at radius 2 is 1.05 bits per heavy atom. The van der Waals surface area contributed by atoms with Crippen molar-refractivity contribution in [2.45, 2.75) is 25.9 Å². The number of nitrogens with two attached hydrogens (primary N) is 2. The molecule has 8 heterocycles. The maximum atomic E-state index is 11.9. The Morgan fingerprint density at radius 3 is 1.44 bits per heavy atom. The second-order valence-corrected chi connectivity index (χ2v) is 25.7. The first-order chi connectivity index (χ1) is 51.0. The number of hydrogen-bond donors (Lipinski definition) is 6. The Bertz CT molecular complexity index is 4620. The summed E-state index contributed by atoms with van der Waals surface area (Å²) in [6.07, 6.45) is 7.08. The Balaban J connectivity index is 0.000000348. The van der Waals surface area contributed by atoms with Crippen LogP contribution in [0.2, 0.25) is 20.1 Å². The molecule has 0 amide bonds. The van der Waals surface area contributed by atoms with Crippen LogP contribution in [0.5, 0.6) is 23.5 Å². The number of halogens is 8. The zero-order valence-electron chi connectivity index (χ0n) is 59.7. The number of oxime groups is 2. The molecule has 39 heteroatoms. The van der Waals surface area contributed by atoms with E-state index >= 15 is 0 Å². The Labute approximate surface area is 760 Å². The first-order valence-corrected chi connectivity index (χ1v) is 35.4. The maximum absolute atomic E-state index is 11.9. The number of aromatic nitrogens is 8. The number of benzene rings is 4. The summed E-state index contributed by atoms with van der Waals surface area (Å²) < 4.78 is 24.7. The van der Waals surface area contributed by atoms with E-state index in [0.29, 0.717) is 117 Å². The molecule has 0 fully saturated rings. The molecule has 0 bridgehead atoms. The summed E-state index contributed by atoms with van der Waals surface area (Å²) in [5, 5.41) is 26.3. The molecule has 12 rings (SSSR count). The van der Waals surface area contributed by atoms with E-state index in [4.69, 9.17) is 112 Å². The molecule has 29 nitrogen and oxygen atoms in total. The number of carbonyl (C=O) groups is 3. The summed E-state index contributed by atoms with van der Waals surface area (Å²) in [5.41, 5.74) is 24.8. The van der Waals surface area contributed by atoms with Gasteiger partial charge in [0.15, 0.2) is 35.7 Å². The number of imidazole rings is 2. The SMILES string of the molecule is COc1nc(/C(N)=N/O)ccc1Br.COc1nc(/C(N)=N/OCC(=O)c2ccc(Cl)cc2)ccc1Br.COc1nc(C2=NC(c3ccc(Cl)cc3)CON2)ccc1-n1cnc(C)c1.COc1nc(C2=NC(c3ccc(Cl)cc3)CON2)ccc1Br.Cc1cnc[nH]1.O=C(CBr)c1ccc(Cl)cc1.O=CO[O-].[H-].[K+].[K+]. The maximum Gasteiger partial charge on any atom is 1.00 e. The van der Waals surface area contributed by atoms with Crippen molar-refractivity contribution in [2.24, 2.45) is 31.8 Å². The van der Waals surface area contributed by atoms with E-state index in [1.54, 1.807) is 106 Å². The number of aromatic amines is 1. The van der Waals surface area contributed by atoms with Crippen molar-refractivity contribution >= 4 is 152 Å². The van der Waals surface area contributed by atoms with Crippen LogP contribution in [0.4, 0.5) is 0 Å². The molecular weight excluding hydrogens is 1800 g/mol. The van der Waals surface area contributed by atoms with Crippen molar-refractivity contribution < 1.29 is 167 Å². The van der Waals surface area contributed by atoms with Gasteiger partial charge in [-0.3, -0.25) is 34.0 Å². The topological polar surface area (TPSA) is 392 Å². The monoisotopic (exact) mass is 1860 g/mol. The average molecular weight is 1870 g/mol. The van der Waals surface area contributed by atoms with Crippen molar-refractivity contribution in [1.29, 1.82) is 0 Å². The third kappa shape index (κ3) is 31.1. The summed E-state index contributed by atoms with van der Waals surface area (Å²) in [6, 6.07) is 42.4. The van der Waals surface area contributed by atoms with Gasteiger partial charge in [-0.2, -0.15) is 0 Å². The minimum Gasteiger partial charge on any atom is -1.00 e. The number of amidine groups is 4. The third-order valence-electron chi connectivity index (χ3n) is 13.5. The summed E-state index contributed by atoms with van der Waals surface area (Å²) >= 11 is 36.3. The number of methoxy groups -OCH3 is 4. The third-order valence-corrected chi connectivity index (χ3v) is 16.9. The number of hydroxylamine groups is 2. The second kappa shape index (κ2) is 50.5. The van der Waals surface area contributed by atoms with Crippen LogP contribution in [-0.4, -0.2) is 140 Å². The van der Waals surface area contributed by atoms with E-state index in [-0.39, 0.29) is 153 Å². The van der Waals surface area contributed by atoms with Crippen LogP contribution < -0.4 is 149 Å². The zero-order chi connectivity index (χ0) is 77.1. The fourth-order valence-electron chi connectivity index (χ4n) is 8.36. The number of hydrogen-bond acceptors (Lipinski definition) is 25. The number of nitrogens with one attached hydrogen (secondary N) is 3. The molecule has 0 aliphatic carbocycles. The first kappa shape index (κ1) is 94.0. The predicted molar refractivity (Wildman–Crippen MR) is 414 cm³/mol. The standard InChI is InChI=1S/C19H18ClN5O2.C15H13BrClN3O3.C15H13BrClN3O2.C8H6BrClO.C7H8BrN3O2.C4H6N2.CH2O3.2K.H/c1-12-9-25(11-21-12)17-8-7-15(23-19(17)26-2)18-22-16(10-27-24-18)13-3-5-14(20)6-4-13;1-22-15-11(16)6-7-12(19-15)14(18)20-23-8-13(21)9-2-4-10(17)5-3-9;1-21-15-11(16)6-7-12(19-15)14-18-13(8-22-20-14)9-2-4-10(17)5-3-9;9-5-8(11)6-1-3-7(10)4-2-6;1-13-7-4(8)2-3-5(10-7)6(9)11-12;1-4-2-5-3-6-4;2-1-4-3;;;/h3-9,11,16H,10H2,1-2H3,(H,22,24);2-7H,8H2,1H3,(H2,18,20);2-7,13H,8H2,1H3,(H,18,20);1-4H,5H2;2-3,12H,1H3,(H2,9,11);2-3H,1H3,(H,5,6);1,3H;;;/q;;;;;;;2*+1;-1/p-1. The van der Waals surface area contributed by atoms with Crippen molar-refractivity contribution in [1.82, 2.24) is 50.4 Å². The smallest absolute Gasteiger partial charge is 1.00 e. The van der Waals surface area contributed by atoms with Crippen LogP contribution in [0.1, 0.15) is 79.5 Å². The van der Waals surface area contributed by atoms with Crippen LogP contribution in [0.3, 0.4) is 0 Å². The summed E-state index contributed by atoms with van der Waals surface area (Å²) in [6.45, 7) is 4.34. The van der Waals surface area contributed by atoms with E-state index < -0.39 is 0 Å². The molecule has 6 aromatic heterocycles. The van der Waals surface area contributed by atoms with Gasteiger partial charge < -0.3 is 61.6 Å². The van der Waals surface area contributed by atoms with E-state index in [1.807, 2.05) is 97.4 Å². The molecule has 0 saturated carbocycles. The molecule has 0 radical (unpaired) electrons. The van der Waals surface area contributed by atoms with Crippen LogP contribution in [0.15, 0.2) is 204 Å². The Hall–Kier alpha value is -6.38. The Kier molecular flexibility index (Phi) is 44.0. The molecule has 10 aromatic rings. The van der Waals surface area contributed by atoms with E-state index in [1.165, 1.54) is 14.2 Å². The first-order valence-electron chi connectivity index (χ1n) is 30.4. The quantitative estimate of drug-likeness (QED) is 0.00582. The van der Waals surface area contributed by atoms with Gasteiger partial charge in [0.25, 0.3) is 6.47 Å².